The number of ketones is 1. The van der Waals surface area contributed by atoms with Gasteiger partial charge in [0, 0.05) is 24.8 Å². The van der Waals surface area contributed by atoms with E-state index in [4.69, 9.17) is 0 Å². The summed E-state index contributed by atoms with van der Waals surface area (Å²) in [6, 6.07) is 5.36. The zero-order valence-corrected chi connectivity index (χ0v) is 11.1. The molecule has 1 N–H and O–H groups in total. The van der Waals surface area contributed by atoms with E-state index in [9.17, 15) is 9.90 Å². The van der Waals surface area contributed by atoms with Crippen molar-refractivity contribution in [3.05, 3.63) is 23.8 Å². The molecule has 0 aliphatic heterocycles. The van der Waals surface area contributed by atoms with E-state index < -0.39 is 0 Å². The molecule has 0 radical (unpaired) electrons. The fraction of sp³-hybridized carbons (Fsp3) is 0.533. The Bertz CT molecular complexity index is 438. The molecule has 3 nitrogen and oxygen atoms in total. The van der Waals surface area contributed by atoms with E-state index in [2.05, 4.69) is 11.8 Å². The molecule has 0 saturated heterocycles. The van der Waals surface area contributed by atoms with Crippen LogP contribution in [0.25, 0.3) is 0 Å². The normalized spacial score (nSPS) is 15.2. The van der Waals surface area contributed by atoms with E-state index >= 15 is 0 Å². The molecule has 0 unspecified atom stereocenters. The lowest BCUT2D eigenvalue weighted by molar-refractivity contribution is 0.101. The third-order valence-electron chi connectivity index (χ3n) is 3.81. The number of phenolic OH excluding ortho intramolecular Hbond substituents is 1. The molecular formula is C15H21NO2. The van der Waals surface area contributed by atoms with Crippen LogP contribution < -0.4 is 4.90 Å². The summed E-state index contributed by atoms with van der Waals surface area (Å²) in [5.41, 5.74) is 1.41. The number of nitrogens with zero attached hydrogens (tertiary/aromatic N) is 1. The molecule has 0 heterocycles. The number of hydrogen-bond acceptors (Lipinski definition) is 3. The predicted octanol–water partition coefficient (Wildman–Crippen LogP) is 3.22. The van der Waals surface area contributed by atoms with Crippen molar-refractivity contribution in [3.63, 3.8) is 0 Å². The van der Waals surface area contributed by atoms with Gasteiger partial charge in [-0.15, -0.1) is 0 Å². The second-order valence-electron chi connectivity index (χ2n) is 5.09. The number of Topliss-reactive ketones (excluding diaryl/α,β-unsaturated/α-hetero) is 1. The average Bonchev–Trinajstić information content (AvgIpc) is 2.27. The van der Waals surface area contributed by atoms with Crippen LogP contribution in [0.2, 0.25) is 0 Å². The fourth-order valence-electron chi connectivity index (χ4n) is 2.42. The van der Waals surface area contributed by atoms with Crippen LogP contribution in [0.5, 0.6) is 5.75 Å². The summed E-state index contributed by atoms with van der Waals surface area (Å²) in [4.78, 5) is 13.5. The van der Waals surface area contributed by atoms with Crippen molar-refractivity contribution in [1.29, 1.82) is 0 Å². The molecule has 1 aromatic rings. The van der Waals surface area contributed by atoms with Crippen molar-refractivity contribution in [2.24, 2.45) is 5.92 Å². The minimum absolute atomic E-state index is 0.0899. The van der Waals surface area contributed by atoms with Gasteiger partial charge in [-0.25, -0.2) is 0 Å². The maximum absolute atomic E-state index is 11.3. The zero-order valence-electron chi connectivity index (χ0n) is 11.1. The maximum Gasteiger partial charge on any atom is 0.163 e. The number of aromatic hydroxyl groups is 1. The van der Waals surface area contributed by atoms with Gasteiger partial charge in [0.2, 0.25) is 0 Å². The van der Waals surface area contributed by atoms with E-state index in [-0.39, 0.29) is 11.5 Å². The van der Waals surface area contributed by atoms with Gasteiger partial charge in [0.15, 0.2) is 5.78 Å². The van der Waals surface area contributed by atoms with Crippen LogP contribution in [-0.2, 0) is 0 Å². The molecule has 2 rings (SSSR count). The van der Waals surface area contributed by atoms with Gasteiger partial charge in [0.05, 0.1) is 5.56 Å². The Morgan fingerprint density at radius 1 is 1.44 bits per heavy atom. The molecule has 3 heteroatoms. The molecule has 0 aromatic heterocycles. The minimum Gasteiger partial charge on any atom is -0.507 e. The quantitative estimate of drug-likeness (QED) is 0.812. The highest BCUT2D eigenvalue weighted by molar-refractivity contribution is 5.97. The summed E-state index contributed by atoms with van der Waals surface area (Å²) < 4.78 is 0. The summed E-state index contributed by atoms with van der Waals surface area (Å²) in [6.45, 7) is 5.57. The highest BCUT2D eigenvalue weighted by Crippen LogP contribution is 2.30. The lowest BCUT2D eigenvalue weighted by Crippen LogP contribution is -2.32. The van der Waals surface area contributed by atoms with E-state index in [1.54, 1.807) is 12.1 Å². The van der Waals surface area contributed by atoms with Crippen molar-refractivity contribution in [2.75, 3.05) is 18.0 Å². The number of anilines is 1. The smallest absolute Gasteiger partial charge is 0.163 e. The number of phenols is 1. The van der Waals surface area contributed by atoms with Crippen LogP contribution >= 0.6 is 0 Å². The van der Waals surface area contributed by atoms with E-state index in [1.807, 2.05) is 6.07 Å². The van der Waals surface area contributed by atoms with Crippen LogP contribution in [0.4, 0.5) is 5.69 Å². The van der Waals surface area contributed by atoms with Crippen molar-refractivity contribution in [1.82, 2.24) is 0 Å². The van der Waals surface area contributed by atoms with E-state index in [1.165, 1.54) is 26.2 Å². The minimum atomic E-state index is -0.0962. The topological polar surface area (TPSA) is 40.5 Å². The van der Waals surface area contributed by atoms with Crippen LogP contribution in [-0.4, -0.2) is 24.0 Å². The number of hydrogen-bond donors (Lipinski definition) is 1. The summed E-state index contributed by atoms with van der Waals surface area (Å²) in [5, 5.41) is 9.86. The third-order valence-corrected chi connectivity index (χ3v) is 3.81. The summed E-state index contributed by atoms with van der Waals surface area (Å²) in [6.07, 6.45) is 3.97. The molecule has 98 valence electrons. The van der Waals surface area contributed by atoms with Gasteiger partial charge in [-0.05, 0) is 44.7 Å². The molecule has 1 aliphatic rings. The first kappa shape index (κ1) is 12.9. The molecule has 1 saturated carbocycles. The molecule has 0 bridgehead atoms. The van der Waals surface area contributed by atoms with Gasteiger partial charge in [-0.3, -0.25) is 4.79 Å². The number of carbonyl (C=O) groups is 1. The van der Waals surface area contributed by atoms with Crippen LogP contribution in [0, 0.1) is 5.92 Å². The third kappa shape index (κ3) is 2.66. The molecule has 1 fully saturated rings. The van der Waals surface area contributed by atoms with Crippen molar-refractivity contribution in [3.8, 4) is 5.75 Å². The molecule has 0 amide bonds. The maximum atomic E-state index is 11.3. The Labute approximate surface area is 108 Å². The molecule has 1 aliphatic carbocycles. The van der Waals surface area contributed by atoms with Crippen LogP contribution in [0.1, 0.15) is 43.5 Å². The van der Waals surface area contributed by atoms with E-state index in [0.717, 1.165) is 24.7 Å². The first-order valence-corrected chi connectivity index (χ1v) is 6.70. The van der Waals surface area contributed by atoms with Gasteiger partial charge in [0.1, 0.15) is 5.75 Å². The largest absolute Gasteiger partial charge is 0.507 e. The molecule has 18 heavy (non-hydrogen) atoms. The van der Waals surface area contributed by atoms with E-state index in [0.29, 0.717) is 5.56 Å². The Hall–Kier alpha value is -1.51. The number of benzene rings is 1. The van der Waals surface area contributed by atoms with Crippen LogP contribution in [0.15, 0.2) is 18.2 Å². The highest BCUT2D eigenvalue weighted by Gasteiger charge is 2.20. The summed E-state index contributed by atoms with van der Waals surface area (Å²) in [5.74, 6) is 0.785. The molecule has 1 aromatic carbocycles. The Morgan fingerprint density at radius 3 is 2.61 bits per heavy atom. The fourth-order valence-corrected chi connectivity index (χ4v) is 2.42. The lowest BCUT2D eigenvalue weighted by Gasteiger charge is -2.33. The second-order valence-corrected chi connectivity index (χ2v) is 5.09. The SMILES string of the molecule is CCN(CC1CCC1)c1ccc(C(C)=O)c(O)c1. The number of carbonyl (C=O) groups excluding carboxylic acids is 1. The van der Waals surface area contributed by atoms with Gasteiger partial charge in [-0.2, -0.15) is 0 Å². The number of rotatable bonds is 5. The van der Waals surface area contributed by atoms with Crippen molar-refractivity contribution >= 4 is 11.5 Å². The van der Waals surface area contributed by atoms with Gasteiger partial charge in [0.25, 0.3) is 0 Å². The predicted molar refractivity (Wildman–Crippen MR) is 73.3 cm³/mol. The van der Waals surface area contributed by atoms with Crippen molar-refractivity contribution < 1.29 is 9.90 Å². The Balaban J connectivity index is 2.14. The van der Waals surface area contributed by atoms with Gasteiger partial charge >= 0.3 is 0 Å². The molecule has 0 spiro atoms. The van der Waals surface area contributed by atoms with Crippen molar-refractivity contribution in [2.45, 2.75) is 33.1 Å². The second kappa shape index (κ2) is 5.42. The molecular weight excluding hydrogens is 226 g/mol. The van der Waals surface area contributed by atoms with Gasteiger partial charge < -0.3 is 10.0 Å². The first-order chi connectivity index (χ1) is 8.61. The Morgan fingerprint density at radius 2 is 2.17 bits per heavy atom. The monoisotopic (exact) mass is 247 g/mol. The highest BCUT2D eigenvalue weighted by atomic mass is 16.3. The lowest BCUT2D eigenvalue weighted by atomic mass is 9.85. The van der Waals surface area contributed by atoms with Gasteiger partial charge in [-0.1, -0.05) is 6.42 Å². The first-order valence-electron chi connectivity index (χ1n) is 6.70. The summed E-state index contributed by atoms with van der Waals surface area (Å²) >= 11 is 0. The summed E-state index contributed by atoms with van der Waals surface area (Å²) in [7, 11) is 0. The average molecular weight is 247 g/mol. The Kier molecular flexibility index (Phi) is 3.90. The standard InChI is InChI=1S/C15H21NO2/c1-3-16(10-12-5-4-6-12)13-7-8-14(11(2)17)15(18)9-13/h7-9,12,18H,3-6,10H2,1-2H3. The zero-order chi connectivity index (χ0) is 13.1. The van der Waals surface area contributed by atoms with Crippen LogP contribution in [0.3, 0.4) is 0 Å². The molecule has 0 atom stereocenters.